The van der Waals surface area contributed by atoms with Crippen LogP contribution in [0.25, 0.3) is 0 Å². The van der Waals surface area contributed by atoms with Gasteiger partial charge in [0.15, 0.2) is 5.78 Å². The zero-order valence-electron chi connectivity index (χ0n) is 30.4. The van der Waals surface area contributed by atoms with Crippen molar-refractivity contribution in [1.29, 1.82) is 0 Å². The molecular formula is C40H53FN6O4. The molecule has 1 aromatic heterocycles. The van der Waals surface area contributed by atoms with Crippen LogP contribution in [0, 0.1) is 17.7 Å². The van der Waals surface area contributed by atoms with Crippen LogP contribution in [0.1, 0.15) is 92.9 Å². The lowest BCUT2D eigenvalue weighted by Gasteiger charge is -2.37. The Kier molecular flexibility index (Phi) is 13.1. The Labute approximate surface area is 301 Å². The summed E-state index contributed by atoms with van der Waals surface area (Å²) in [7, 11) is 0. The standard InChI is InChI=1S/C40H53FN6O4/c1-5-36(49)43-37(40(51)46-22-20-45(21-23-46)26-29-10-8-7-9-11-29)28(4)31-16-17-32(33(41)24-31)25-35(48)38(30-14-12-27(3)13-15-30)44-39(50)34-18-19-42-47(34)6-2/h7-11,16-19,24,27-28,30,37-38H,5-6,12-15,20-23,25-26H2,1-4H3,(H,43,49)(H,44,50)/t27?,28-,30?,37?,38-/m0/s1. The number of aryl methyl sites for hydroxylation is 1. The molecule has 0 spiro atoms. The third-order valence-electron chi connectivity index (χ3n) is 10.7. The maximum absolute atomic E-state index is 15.8. The Bertz CT molecular complexity index is 1650. The number of carbonyl (C=O) groups excluding carboxylic acids is 4. The Morgan fingerprint density at radius 3 is 2.27 bits per heavy atom. The first kappa shape index (κ1) is 37.9. The van der Waals surface area contributed by atoms with Gasteiger partial charge in [-0.1, -0.05) is 76.1 Å². The van der Waals surface area contributed by atoms with Gasteiger partial charge in [-0.25, -0.2) is 4.39 Å². The van der Waals surface area contributed by atoms with E-state index in [1.165, 1.54) is 11.6 Å². The van der Waals surface area contributed by atoms with Gasteiger partial charge in [0.05, 0.1) is 6.04 Å². The minimum Gasteiger partial charge on any atom is -0.344 e. The average molecular weight is 701 g/mol. The van der Waals surface area contributed by atoms with Gasteiger partial charge in [0.25, 0.3) is 5.91 Å². The topological polar surface area (TPSA) is 117 Å². The molecule has 5 rings (SSSR count). The molecule has 1 saturated carbocycles. The number of rotatable bonds is 14. The van der Waals surface area contributed by atoms with E-state index in [9.17, 15) is 19.2 Å². The number of nitrogens with one attached hydrogen (secondary N) is 2. The fourth-order valence-corrected chi connectivity index (χ4v) is 7.39. The van der Waals surface area contributed by atoms with Crippen LogP contribution in [0.3, 0.4) is 0 Å². The van der Waals surface area contributed by atoms with Crippen LogP contribution in [0.2, 0.25) is 0 Å². The third-order valence-corrected chi connectivity index (χ3v) is 10.7. The fourth-order valence-electron chi connectivity index (χ4n) is 7.39. The van der Waals surface area contributed by atoms with Crippen molar-refractivity contribution in [3.05, 3.63) is 89.0 Å². The van der Waals surface area contributed by atoms with Crippen LogP contribution in [0.4, 0.5) is 4.39 Å². The molecule has 3 aromatic rings. The van der Waals surface area contributed by atoms with E-state index in [-0.39, 0.29) is 47.8 Å². The highest BCUT2D eigenvalue weighted by Gasteiger charge is 2.35. The molecule has 1 unspecified atom stereocenters. The molecule has 2 heterocycles. The minimum absolute atomic E-state index is 0.0350. The van der Waals surface area contributed by atoms with Gasteiger partial charge in [0.1, 0.15) is 17.6 Å². The smallest absolute Gasteiger partial charge is 0.270 e. The van der Waals surface area contributed by atoms with E-state index < -0.39 is 23.8 Å². The molecule has 2 N–H and O–H groups in total. The van der Waals surface area contributed by atoms with Crippen molar-refractivity contribution in [3.63, 3.8) is 0 Å². The average Bonchev–Trinajstić information content (AvgIpc) is 3.63. The van der Waals surface area contributed by atoms with Crippen molar-refractivity contribution in [2.45, 2.75) is 97.3 Å². The van der Waals surface area contributed by atoms with E-state index in [2.05, 4.69) is 39.7 Å². The molecule has 51 heavy (non-hydrogen) atoms. The predicted molar refractivity (Wildman–Crippen MR) is 194 cm³/mol. The van der Waals surface area contributed by atoms with Crippen LogP contribution < -0.4 is 10.6 Å². The molecule has 3 atom stereocenters. The molecule has 11 heteroatoms. The Morgan fingerprint density at radius 1 is 0.922 bits per heavy atom. The number of hydrogen-bond acceptors (Lipinski definition) is 6. The van der Waals surface area contributed by atoms with Crippen LogP contribution in [-0.2, 0) is 33.9 Å². The summed E-state index contributed by atoms with van der Waals surface area (Å²) in [6, 6.07) is 14.9. The molecule has 0 radical (unpaired) electrons. The van der Waals surface area contributed by atoms with Gasteiger partial charge >= 0.3 is 0 Å². The van der Waals surface area contributed by atoms with Gasteiger partial charge < -0.3 is 15.5 Å². The van der Waals surface area contributed by atoms with E-state index in [0.29, 0.717) is 49.9 Å². The molecule has 2 fully saturated rings. The lowest BCUT2D eigenvalue weighted by atomic mass is 9.77. The molecule has 10 nitrogen and oxygen atoms in total. The molecule has 2 aromatic carbocycles. The summed E-state index contributed by atoms with van der Waals surface area (Å²) in [4.78, 5) is 57.8. The minimum atomic E-state index is -0.866. The summed E-state index contributed by atoms with van der Waals surface area (Å²) in [5, 5.41) is 10.1. The summed E-state index contributed by atoms with van der Waals surface area (Å²) in [6.07, 6.45) is 5.16. The van der Waals surface area contributed by atoms with Crippen LogP contribution >= 0.6 is 0 Å². The first-order valence-corrected chi connectivity index (χ1v) is 18.6. The second-order valence-electron chi connectivity index (χ2n) is 14.3. The molecule has 0 bridgehead atoms. The second kappa shape index (κ2) is 17.7. The molecular weight excluding hydrogens is 647 g/mol. The van der Waals surface area contributed by atoms with Crippen LogP contribution in [0.5, 0.6) is 0 Å². The van der Waals surface area contributed by atoms with E-state index >= 15 is 4.39 Å². The summed E-state index contributed by atoms with van der Waals surface area (Å²) >= 11 is 0. The summed E-state index contributed by atoms with van der Waals surface area (Å²) < 4.78 is 17.4. The number of nitrogens with zero attached hydrogens (tertiary/aromatic N) is 4. The maximum atomic E-state index is 15.8. The van der Waals surface area contributed by atoms with Crippen molar-refractivity contribution in [2.75, 3.05) is 26.2 Å². The van der Waals surface area contributed by atoms with Gasteiger partial charge in [-0.15, -0.1) is 0 Å². The second-order valence-corrected chi connectivity index (χ2v) is 14.3. The summed E-state index contributed by atoms with van der Waals surface area (Å²) in [5.74, 6) is -1.59. The third kappa shape index (κ3) is 9.70. The van der Waals surface area contributed by atoms with Crippen LogP contribution in [-0.4, -0.2) is 81.3 Å². The highest BCUT2D eigenvalue weighted by molar-refractivity contribution is 5.97. The first-order chi connectivity index (χ1) is 24.6. The molecule has 3 amide bonds. The molecule has 2 aliphatic rings. The van der Waals surface area contributed by atoms with Crippen molar-refractivity contribution < 1.29 is 23.6 Å². The molecule has 274 valence electrons. The normalized spacial score (nSPS) is 19.9. The zero-order valence-corrected chi connectivity index (χ0v) is 30.4. The van der Waals surface area contributed by atoms with Gasteiger partial charge in [-0.05, 0) is 60.4 Å². The quantitative estimate of drug-likeness (QED) is 0.241. The monoisotopic (exact) mass is 700 g/mol. The van der Waals surface area contributed by atoms with E-state index in [0.717, 1.165) is 32.2 Å². The van der Waals surface area contributed by atoms with E-state index in [4.69, 9.17) is 0 Å². The predicted octanol–water partition coefficient (Wildman–Crippen LogP) is 5.12. The lowest BCUT2D eigenvalue weighted by Crippen LogP contribution is -2.56. The number of carbonyl (C=O) groups is 4. The summed E-state index contributed by atoms with van der Waals surface area (Å²) in [6.45, 7) is 11.5. The number of halogens is 1. The van der Waals surface area contributed by atoms with Crippen molar-refractivity contribution in [1.82, 2.24) is 30.2 Å². The highest BCUT2D eigenvalue weighted by Crippen LogP contribution is 2.32. The number of aromatic nitrogens is 2. The van der Waals surface area contributed by atoms with Gasteiger partial charge in [0.2, 0.25) is 11.8 Å². The van der Waals surface area contributed by atoms with E-state index in [1.807, 2.05) is 32.0 Å². The Hall–Kier alpha value is -4.38. The lowest BCUT2D eigenvalue weighted by molar-refractivity contribution is -0.138. The van der Waals surface area contributed by atoms with Crippen molar-refractivity contribution in [3.8, 4) is 0 Å². The molecule has 1 aliphatic heterocycles. The van der Waals surface area contributed by atoms with Gasteiger partial charge in [-0.3, -0.25) is 28.8 Å². The number of hydrogen-bond donors (Lipinski definition) is 2. The molecule has 1 saturated heterocycles. The number of amides is 3. The largest absolute Gasteiger partial charge is 0.344 e. The van der Waals surface area contributed by atoms with Crippen LogP contribution in [0.15, 0.2) is 60.8 Å². The van der Waals surface area contributed by atoms with Crippen molar-refractivity contribution in [2.24, 2.45) is 11.8 Å². The maximum Gasteiger partial charge on any atom is 0.270 e. The Morgan fingerprint density at radius 2 is 1.63 bits per heavy atom. The zero-order chi connectivity index (χ0) is 36.5. The highest BCUT2D eigenvalue weighted by atomic mass is 19.1. The SMILES string of the molecule is CCC(=O)NC(C(=O)N1CCN(Cc2ccccc2)CC1)[C@@H](C)c1ccc(CC(=O)[C@@H](NC(=O)c2ccnn2CC)C2CCC(C)CC2)c(F)c1. The first-order valence-electron chi connectivity index (χ1n) is 18.6. The summed E-state index contributed by atoms with van der Waals surface area (Å²) in [5.41, 5.74) is 2.39. The van der Waals surface area contributed by atoms with E-state index in [1.54, 1.807) is 40.9 Å². The number of piperazine rings is 1. The number of Topliss-reactive ketones (excluding diaryl/α,β-unsaturated/α-hetero) is 1. The number of ketones is 1. The van der Waals surface area contributed by atoms with Crippen molar-refractivity contribution >= 4 is 23.5 Å². The Balaban J connectivity index is 1.27. The fraction of sp³-hybridized carbons (Fsp3) is 0.525. The molecule has 1 aliphatic carbocycles. The number of benzene rings is 2. The van der Waals surface area contributed by atoms with Gasteiger partial charge in [-0.2, -0.15) is 5.10 Å². The van der Waals surface area contributed by atoms with Gasteiger partial charge in [0, 0.05) is 64.2 Å².